The van der Waals surface area contributed by atoms with E-state index in [1.165, 1.54) is 30.5 Å². The zero-order valence-electron chi connectivity index (χ0n) is 16.4. The van der Waals surface area contributed by atoms with Crippen LogP contribution in [-0.2, 0) is 6.54 Å². The van der Waals surface area contributed by atoms with Crippen molar-refractivity contribution in [1.29, 1.82) is 0 Å². The van der Waals surface area contributed by atoms with Crippen LogP contribution >= 0.6 is 0 Å². The predicted octanol–water partition coefficient (Wildman–Crippen LogP) is 3.76. The Balaban J connectivity index is 1.63. The molecule has 4 rings (SSSR count). The molecule has 10 heteroatoms. The number of nitro groups is 1. The highest BCUT2D eigenvalue weighted by Gasteiger charge is 2.20. The Morgan fingerprint density at radius 1 is 1.16 bits per heavy atom. The van der Waals surface area contributed by atoms with Gasteiger partial charge in [0.2, 0.25) is 11.8 Å². The number of carbonyl (C=O) groups excluding carboxylic acids is 1. The maximum atomic E-state index is 13.0. The largest absolute Gasteiger partial charge is 0.497 e. The molecular weight excluding hydrogens is 402 g/mol. The van der Waals surface area contributed by atoms with Crippen molar-refractivity contribution in [2.75, 3.05) is 12.4 Å². The predicted molar refractivity (Wildman–Crippen MR) is 111 cm³/mol. The maximum Gasteiger partial charge on any atom is 0.281 e. The number of nitrogens with one attached hydrogen (secondary N) is 1. The van der Waals surface area contributed by atoms with Crippen molar-refractivity contribution in [2.45, 2.75) is 6.54 Å². The lowest BCUT2D eigenvalue weighted by Gasteiger charge is -2.08. The lowest BCUT2D eigenvalue weighted by atomic mass is 10.2. The summed E-state index contributed by atoms with van der Waals surface area (Å²) in [6.45, 7) is 0.383. The second-order valence-corrected chi connectivity index (χ2v) is 6.46. The number of furan rings is 1. The first-order chi connectivity index (χ1) is 15.0. The van der Waals surface area contributed by atoms with Crippen LogP contribution in [0.5, 0.6) is 5.75 Å². The molecule has 0 aliphatic rings. The molecule has 0 fully saturated rings. The van der Waals surface area contributed by atoms with E-state index in [0.717, 1.165) is 16.0 Å². The smallest absolute Gasteiger partial charge is 0.281 e. The summed E-state index contributed by atoms with van der Waals surface area (Å²) in [5.41, 5.74) is 1.07. The second-order valence-electron chi connectivity index (χ2n) is 6.46. The average molecular weight is 419 g/mol. The summed E-state index contributed by atoms with van der Waals surface area (Å²) in [6, 6.07) is 16.1. The van der Waals surface area contributed by atoms with Crippen molar-refractivity contribution >= 4 is 17.5 Å². The first kappa shape index (κ1) is 19.8. The molecule has 2 aromatic heterocycles. The number of hydrogen-bond donors (Lipinski definition) is 1. The molecule has 0 aliphatic carbocycles. The average Bonchev–Trinajstić information content (AvgIpc) is 3.47. The Bertz CT molecular complexity index is 1200. The first-order valence-electron chi connectivity index (χ1n) is 9.22. The van der Waals surface area contributed by atoms with Crippen LogP contribution in [0.4, 0.5) is 11.6 Å². The number of hydrogen-bond acceptors (Lipinski definition) is 8. The van der Waals surface area contributed by atoms with E-state index >= 15 is 0 Å². The lowest BCUT2D eigenvalue weighted by molar-refractivity contribution is -0.384. The SMILES string of the molecule is COc1ccc(CNc2nc(-c3ccco3)nn2C(=O)c2ccc([N+](=O)[O-])cc2)cc1. The van der Waals surface area contributed by atoms with Gasteiger partial charge in [-0.25, -0.2) is 0 Å². The van der Waals surface area contributed by atoms with Crippen LogP contribution in [0.15, 0.2) is 71.3 Å². The molecule has 0 aliphatic heterocycles. The summed E-state index contributed by atoms with van der Waals surface area (Å²) >= 11 is 0. The number of rotatable bonds is 7. The summed E-state index contributed by atoms with van der Waals surface area (Å²) in [5, 5.41) is 18.2. The molecule has 156 valence electrons. The summed E-state index contributed by atoms with van der Waals surface area (Å²) in [7, 11) is 1.59. The van der Waals surface area contributed by atoms with Gasteiger partial charge in [-0.2, -0.15) is 9.67 Å². The van der Waals surface area contributed by atoms with E-state index in [4.69, 9.17) is 9.15 Å². The van der Waals surface area contributed by atoms with Crippen LogP contribution in [0, 0.1) is 10.1 Å². The molecule has 2 heterocycles. The van der Waals surface area contributed by atoms with Crippen LogP contribution in [0.1, 0.15) is 15.9 Å². The minimum absolute atomic E-state index is 0.107. The van der Waals surface area contributed by atoms with Crippen LogP contribution < -0.4 is 10.1 Å². The monoisotopic (exact) mass is 419 g/mol. The van der Waals surface area contributed by atoms with Crippen LogP contribution in [0.25, 0.3) is 11.6 Å². The molecule has 0 radical (unpaired) electrons. The highest BCUT2D eigenvalue weighted by atomic mass is 16.6. The third-order valence-electron chi connectivity index (χ3n) is 4.48. The fourth-order valence-corrected chi connectivity index (χ4v) is 2.85. The highest BCUT2D eigenvalue weighted by Crippen LogP contribution is 2.21. The van der Waals surface area contributed by atoms with E-state index in [0.29, 0.717) is 12.3 Å². The number of carbonyl (C=O) groups is 1. The van der Waals surface area contributed by atoms with Crippen LogP contribution in [-0.4, -0.2) is 32.7 Å². The molecule has 4 aromatic rings. The molecular formula is C21H17N5O5. The Kier molecular flexibility index (Phi) is 5.43. The minimum atomic E-state index is -0.527. The normalized spacial score (nSPS) is 10.6. The van der Waals surface area contributed by atoms with Crippen molar-refractivity contribution in [3.05, 3.63) is 88.2 Å². The molecule has 0 unspecified atom stereocenters. The fraction of sp³-hybridized carbons (Fsp3) is 0.0952. The van der Waals surface area contributed by atoms with E-state index in [-0.39, 0.29) is 23.0 Å². The van der Waals surface area contributed by atoms with Gasteiger partial charge in [0.25, 0.3) is 11.6 Å². The molecule has 2 aromatic carbocycles. The first-order valence-corrected chi connectivity index (χ1v) is 9.22. The second kappa shape index (κ2) is 8.49. The molecule has 0 saturated carbocycles. The molecule has 0 spiro atoms. The standard InChI is InChI=1S/C21H17N5O5/c1-30-17-10-4-14(5-11-17)13-22-21-23-19(18-3-2-12-31-18)24-25(21)20(27)15-6-8-16(9-7-15)26(28)29/h2-12H,13H2,1H3,(H,22,23,24). The van der Waals surface area contributed by atoms with Gasteiger partial charge in [-0.3, -0.25) is 14.9 Å². The zero-order valence-corrected chi connectivity index (χ0v) is 16.4. The molecule has 10 nitrogen and oxygen atoms in total. The number of anilines is 1. The van der Waals surface area contributed by atoms with Gasteiger partial charge < -0.3 is 14.5 Å². The number of methoxy groups -OCH3 is 1. The van der Waals surface area contributed by atoms with Crippen molar-refractivity contribution in [2.24, 2.45) is 0 Å². The summed E-state index contributed by atoms with van der Waals surface area (Å²) < 4.78 is 11.6. The topological polar surface area (TPSA) is 125 Å². The number of nitrogens with zero attached hydrogens (tertiary/aromatic N) is 4. The number of benzene rings is 2. The van der Waals surface area contributed by atoms with Gasteiger partial charge in [0.05, 0.1) is 18.3 Å². The van der Waals surface area contributed by atoms with Crippen molar-refractivity contribution in [3.8, 4) is 17.3 Å². The summed E-state index contributed by atoms with van der Waals surface area (Å²) in [4.78, 5) is 27.8. The Morgan fingerprint density at radius 2 is 1.90 bits per heavy atom. The lowest BCUT2D eigenvalue weighted by Crippen LogP contribution is -2.17. The van der Waals surface area contributed by atoms with Crippen molar-refractivity contribution in [3.63, 3.8) is 0 Å². The fourth-order valence-electron chi connectivity index (χ4n) is 2.85. The molecule has 1 N–H and O–H groups in total. The summed E-state index contributed by atoms with van der Waals surface area (Å²) in [5.74, 6) is 1.10. The molecule has 31 heavy (non-hydrogen) atoms. The molecule has 0 saturated heterocycles. The van der Waals surface area contributed by atoms with Crippen LogP contribution in [0.3, 0.4) is 0 Å². The van der Waals surface area contributed by atoms with E-state index < -0.39 is 10.8 Å². The molecule has 0 atom stereocenters. The Labute approximate surface area is 176 Å². The third kappa shape index (κ3) is 4.27. The minimum Gasteiger partial charge on any atom is -0.497 e. The summed E-state index contributed by atoms with van der Waals surface area (Å²) in [6.07, 6.45) is 1.48. The van der Waals surface area contributed by atoms with Gasteiger partial charge in [0.1, 0.15) is 5.75 Å². The number of ether oxygens (including phenoxy) is 1. The number of non-ortho nitro benzene ring substituents is 1. The van der Waals surface area contributed by atoms with E-state index in [1.807, 2.05) is 24.3 Å². The van der Waals surface area contributed by atoms with Gasteiger partial charge in [-0.1, -0.05) is 12.1 Å². The molecule has 0 bridgehead atoms. The van der Waals surface area contributed by atoms with Gasteiger partial charge in [0, 0.05) is 24.2 Å². The van der Waals surface area contributed by atoms with E-state index in [9.17, 15) is 14.9 Å². The maximum absolute atomic E-state index is 13.0. The number of nitro benzene ring substituents is 1. The van der Waals surface area contributed by atoms with Gasteiger partial charge >= 0.3 is 0 Å². The Hall–Kier alpha value is -4.47. The molecule has 0 amide bonds. The number of aromatic nitrogens is 3. The van der Waals surface area contributed by atoms with Crippen molar-refractivity contribution in [1.82, 2.24) is 14.8 Å². The van der Waals surface area contributed by atoms with Crippen LogP contribution in [0.2, 0.25) is 0 Å². The van der Waals surface area contributed by atoms with Crippen molar-refractivity contribution < 1.29 is 18.9 Å². The van der Waals surface area contributed by atoms with E-state index in [1.54, 1.807) is 19.2 Å². The van der Waals surface area contributed by atoms with Gasteiger partial charge in [-0.05, 0) is 42.0 Å². The van der Waals surface area contributed by atoms with Gasteiger partial charge in [-0.15, -0.1) is 5.10 Å². The zero-order chi connectivity index (χ0) is 21.8. The Morgan fingerprint density at radius 3 is 2.52 bits per heavy atom. The quantitative estimate of drug-likeness (QED) is 0.355. The third-order valence-corrected chi connectivity index (χ3v) is 4.48. The highest BCUT2D eigenvalue weighted by molar-refractivity contribution is 5.97. The van der Waals surface area contributed by atoms with Gasteiger partial charge in [0.15, 0.2) is 5.76 Å². The van der Waals surface area contributed by atoms with E-state index in [2.05, 4.69) is 15.4 Å².